The third-order valence-electron chi connectivity index (χ3n) is 2.56. The van der Waals surface area contributed by atoms with Crippen molar-refractivity contribution in [2.24, 2.45) is 7.05 Å². The van der Waals surface area contributed by atoms with Gasteiger partial charge in [-0.2, -0.15) is 4.80 Å². The molecule has 0 saturated heterocycles. The number of hydrogen-bond acceptors (Lipinski definition) is 4. The lowest BCUT2D eigenvalue weighted by Crippen LogP contribution is -2.25. The van der Waals surface area contributed by atoms with Crippen molar-refractivity contribution in [1.29, 1.82) is 0 Å². The number of aliphatic hydroxyl groups is 1. The highest BCUT2D eigenvalue weighted by molar-refractivity contribution is 9.10. The summed E-state index contributed by atoms with van der Waals surface area (Å²) in [5, 5.41) is 22.7. The molecule has 1 atom stereocenters. The molecule has 0 spiro atoms. The molecule has 0 bridgehead atoms. The Morgan fingerprint density at radius 1 is 1.50 bits per heavy atom. The predicted molar refractivity (Wildman–Crippen MR) is 71.2 cm³/mol. The van der Waals surface area contributed by atoms with E-state index in [4.69, 9.17) is 11.6 Å². The summed E-state index contributed by atoms with van der Waals surface area (Å²) in [6, 6.07) is 5.36. The zero-order valence-corrected chi connectivity index (χ0v) is 12.3. The lowest BCUT2D eigenvalue weighted by molar-refractivity contribution is 0.0555. The van der Waals surface area contributed by atoms with Gasteiger partial charge in [-0.25, -0.2) is 0 Å². The molecule has 1 unspecified atom stereocenters. The van der Waals surface area contributed by atoms with Crippen molar-refractivity contribution in [1.82, 2.24) is 20.2 Å². The van der Waals surface area contributed by atoms with Crippen LogP contribution in [0.1, 0.15) is 18.3 Å². The quantitative estimate of drug-likeness (QED) is 0.935. The molecule has 0 aliphatic carbocycles. The Balaban J connectivity index is 2.29. The van der Waals surface area contributed by atoms with Crippen molar-refractivity contribution >= 4 is 27.5 Å². The Morgan fingerprint density at radius 2 is 2.22 bits per heavy atom. The summed E-state index contributed by atoms with van der Waals surface area (Å²) in [6.45, 7) is 1.68. The summed E-state index contributed by atoms with van der Waals surface area (Å²) in [6.07, 6.45) is 0.252. The topological polar surface area (TPSA) is 63.8 Å². The zero-order chi connectivity index (χ0) is 13.3. The molecular formula is C11H12BrClN4O. The highest BCUT2D eigenvalue weighted by atomic mass is 79.9. The number of aryl methyl sites for hydroxylation is 1. The lowest BCUT2D eigenvalue weighted by Gasteiger charge is -2.23. The van der Waals surface area contributed by atoms with Gasteiger partial charge in [0, 0.05) is 21.5 Å². The van der Waals surface area contributed by atoms with Crippen molar-refractivity contribution in [3.05, 3.63) is 39.1 Å². The van der Waals surface area contributed by atoms with Gasteiger partial charge in [0.05, 0.1) is 12.6 Å². The first kappa shape index (κ1) is 13.5. The molecule has 1 N–H and O–H groups in total. The van der Waals surface area contributed by atoms with Crippen LogP contribution in [-0.2, 0) is 19.1 Å². The van der Waals surface area contributed by atoms with E-state index in [-0.39, 0.29) is 6.42 Å². The van der Waals surface area contributed by atoms with E-state index in [1.807, 2.05) is 6.07 Å². The van der Waals surface area contributed by atoms with Gasteiger partial charge in [0.15, 0.2) is 5.82 Å². The molecule has 0 saturated carbocycles. The molecule has 1 heterocycles. The average Bonchev–Trinajstić information content (AvgIpc) is 2.62. The van der Waals surface area contributed by atoms with E-state index in [1.54, 1.807) is 26.1 Å². The van der Waals surface area contributed by atoms with Crippen molar-refractivity contribution in [3.63, 3.8) is 0 Å². The van der Waals surface area contributed by atoms with Gasteiger partial charge in [0.25, 0.3) is 0 Å². The van der Waals surface area contributed by atoms with Crippen LogP contribution in [0.4, 0.5) is 0 Å². The van der Waals surface area contributed by atoms with E-state index in [2.05, 4.69) is 31.3 Å². The molecule has 2 rings (SSSR count). The van der Waals surface area contributed by atoms with Crippen molar-refractivity contribution < 1.29 is 5.11 Å². The SMILES string of the molecule is Cn1nnc(CC(C)(O)c2ccc(Br)cc2Cl)n1. The Labute approximate surface area is 118 Å². The van der Waals surface area contributed by atoms with Crippen LogP contribution in [0.15, 0.2) is 22.7 Å². The number of benzene rings is 1. The second-order valence-corrected chi connectivity index (χ2v) is 5.59. The standard InChI is InChI=1S/C11H12BrClN4O/c1-11(18,6-10-14-16-17(2)15-10)8-4-3-7(12)5-9(8)13/h3-5,18H,6H2,1-2H3. The first-order valence-electron chi connectivity index (χ1n) is 5.29. The molecule has 2 aromatic rings. The fraction of sp³-hybridized carbons (Fsp3) is 0.364. The van der Waals surface area contributed by atoms with Crippen LogP contribution in [0.2, 0.25) is 5.02 Å². The molecular weight excluding hydrogens is 320 g/mol. The molecule has 96 valence electrons. The normalized spacial score (nSPS) is 14.5. The Hall–Kier alpha value is -0.980. The van der Waals surface area contributed by atoms with E-state index < -0.39 is 5.60 Å². The van der Waals surface area contributed by atoms with Crippen LogP contribution in [0.3, 0.4) is 0 Å². The van der Waals surface area contributed by atoms with Crippen LogP contribution in [0, 0.1) is 0 Å². The highest BCUT2D eigenvalue weighted by Gasteiger charge is 2.28. The number of tetrazole rings is 1. The number of hydrogen-bond donors (Lipinski definition) is 1. The summed E-state index contributed by atoms with van der Waals surface area (Å²) < 4.78 is 0.865. The van der Waals surface area contributed by atoms with Gasteiger partial charge in [-0.05, 0) is 24.3 Å². The maximum Gasteiger partial charge on any atom is 0.178 e. The monoisotopic (exact) mass is 330 g/mol. The van der Waals surface area contributed by atoms with Gasteiger partial charge in [0.1, 0.15) is 0 Å². The fourth-order valence-corrected chi connectivity index (χ4v) is 2.60. The summed E-state index contributed by atoms with van der Waals surface area (Å²) in [7, 11) is 1.68. The molecule has 0 aliphatic heterocycles. The summed E-state index contributed by atoms with van der Waals surface area (Å²) in [5.74, 6) is 0.474. The van der Waals surface area contributed by atoms with Crippen molar-refractivity contribution in [2.45, 2.75) is 18.9 Å². The number of nitrogens with zero attached hydrogens (tertiary/aromatic N) is 4. The van der Waals surface area contributed by atoms with E-state index in [9.17, 15) is 5.11 Å². The Bertz CT molecular complexity index is 570. The van der Waals surface area contributed by atoms with Gasteiger partial charge in [-0.3, -0.25) is 0 Å². The largest absolute Gasteiger partial charge is 0.385 e. The molecule has 0 amide bonds. The van der Waals surface area contributed by atoms with E-state index in [1.165, 1.54) is 4.80 Å². The van der Waals surface area contributed by atoms with Crippen molar-refractivity contribution in [3.8, 4) is 0 Å². The van der Waals surface area contributed by atoms with E-state index in [0.717, 1.165) is 4.47 Å². The Morgan fingerprint density at radius 3 is 2.78 bits per heavy atom. The molecule has 0 aliphatic rings. The maximum atomic E-state index is 10.5. The minimum atomic E-state index is -1.14. The molecule has 1 aromatic carbocycles. The van der Waals surface area contributed by atoms with Gasteiger partial charge < -0.3 is 5.11 Å². The zero-order valence-electron chi connectivity index (χ0n) is 9.93. The van der Waals surface area contributed by atoms with E-state index >= 15 is 0 Å². The van der Waals surface area contributed by atoms with Crippen LogP contribution in [-0.4, -0.2) is 25.3 Å². The second-order valence-electron chi connectivity index (χ2n) is 4.27. The summed E-state index contributed by atoms with van der Waals surface area (Å²) in [4.78, 5) is 1.36. The fourth-order valence-electron chi connectivity index (χ4n) is 1.72. The first-order chi connectivity index (χ1) is 8.38. The van der Waals surface area contributed by atoms with Gasteiger partial charge in [-0.1, -0.05) is 33.6 Å². The minimum Gasteiger partial charge on any atom is -0.385 e. The number of aromatic nitrogens is 4. The number of halogens is 2. The molecule has 0 fully saturated rings. The second kappa shape index (κ2) is 4.95. The van der Waals surface area contributed by atoms with Crippen LogP contribution >= 0.6 is 27.5 Å². The van der Waals surface area contributed by atoms with Crippen LogP contribution in [0.25, 0.3) is 0 Å². The molecule has 7 heteroatoms. The van der Waals surface area contributed by atoms with Crippen LogP contribution < -0.4 is 0 Å². The first-order valence-corrected chi connectivity index (χ1v) is 6.46. The highest BCUT2D eigenvalue weighted by Crippen LogP contribution is 2.32. The third-order valence-corrected chi connectivity index (χ3v) is 3.37. The van der Waals surface area contributed by atoms with Gasteiger partial charge >= 0.3 is 0 Å². The van der Waals surface area contributed by atoms with Crippen LogP contribution in [0.5, 0.6) is 0 Å². The Kier molecular flexibility index (Phi) is 3.70. The van der Waals surface area contributed by atoms with Crippen molar-refractivity contribution in [2.75, 3.05) is 0 Å². The third kappa shape index (κ3) is 2.88. The smallest absolute Gasteiger partial charge is 0.178 e. The van der Waals surface area contributed by atoms with E-state index in [0.29, 0.717) is 16.4 Å². The van der Waals surface area contributed by atoms with Gasteiger partial charge in [-0.15, -0.1) is 10.2 Å². The maximum absolute atomic E-state index is 10.5. The molecule has 5 nitrogen and oxygen atoms in total. The summed E-state index contributed by atoms with van der Waals surface area (Å²) in [5.41, 5.74) is -0.499. The summed E-state index contributed by atoms with van der Waals surface area (Å²) >= 11 is 9.46. The number of rotatable bonds is 3. The molecule has 18 heavy (non-hydrogen) atoms. The average molecular weight is 332 g/mol. The lowest BCUT2D eigenvalue weighted by atomic mass is 9.92. The molecule has 0 radical (unpaired) electrons. The molecule has 1 aromatic heterocycles. The predicted octanol–water partition coefficient (Wildman–Crippen LogP) is 2.08. The minimum absolute atomic E-state index is 0.252. The van der Waals surface area contributed by atoms with Gasteiger partial charge in [0.2, 0.25) is 0 Å².